The van der Waals surface area contributed by atoms with Crippen molar-refractivity contribution in [3.63, 3.8) is 0 Å². The molecular weight excluding hydrogens is 350 g/mol. The van der Waals surface area contributed by atoms with Gasteiger partial charge in [0.2, 0.25) is 0 Å². The van der Waals surface area contributed by atoms with Crippen molar-refractivity contribution >= 4 is 17.5 Å². The first kappa shape index (κ1) is 18.7. The van der Waals surface area contributed by atoms with Gasteiger partial charge in [-0.15, -0.1) is 10.2 Å². The van der Waals surface area contributed by atoms with Crippen molar-refractivity contribution < 1.29 is 4.79 Å². The van der Waals surface area contributed by atoms with E-state index < -0.39 is 0 Å². The average molecular weight is 380 g/mol. The lowest BCUT2D eigenvalue weighted by Gasteiger charge is -2.36. The van der Waals surface area contributed by atoms with Crippen LogP contribution in [0.4, 0.5) is 11.6 Å². The summed E-state index contributed by atoms with van der Waals surface area (Å²) in [6.45, 7) is 8.30. The first-order valence-electron chi connectivity index (χ1n) is 10.3. The van der Waals surface area contributed by atoms with Crippen LogP contribution < -0.4 is 9.80 Å². The number of carbonyl (C=O) groups is 1. The highest BCUT2D eigenvalue weighted by Crippen LogP contribution is 2.24. The van der Waals surface area contributed by atoms with Crippen LogP contribution in [0.2, 0.25) is 0 Å². The highest BCUT2D eigenvalue weighted by Gasteiger charge is 2.24. The topological polar surface area (TPSA) is 52.6 Å². The summed E-state index contributed by atoms with van der Waals surface area (Å²) < 4.78 is 0. The van der Waals surface area contributed by atoms with Gasteiger partial charge in [-0.05, 0) is 56.9 Å². The zero-order chi connectivity index (χ0) is 19.5. The van der Waals surface area contributed by atoms with Crippen molar-refractivity contribution in [2.45, 2.75) is 39.2 Å². The average Bonchev–Trinajstić information content (AvgIpc) is 2.74. The van der Waals surface area contributed by atoms with Gasteiger partial charge in [0.25, 0.3) is 5.91 Å². The minimum absolute atomic E-state index is 0.123. The van der Waals surface area contributed by atoms with E-state index in [2.05, 4.69) is 39.1 Å². The lowest BCUT2D eigenvalue weighted by atomic mass is 10.0. The molecule has 2 aliphatic rings. The largest absolute Gasteiger partial charge is 0.352 e. The molecule has 6 nitrogen and oxygen atoms in total. The molecule has 0 radical (unpaired) electrons. The fourth-order valence-electron chi connectivity index (χ4n) is 4.20. The van der Waals surface area contributed by atoms with E-state index in [1.165, 1.54) is 19.3 Å². The molecule has 0 bridgehead atoms. The molecular formula is C22H29N5O. The minimum Gasteiger partial charge on any atom is -0.352 e. The third-order valence-corrected chi connectivity index (χ3v) is 6.00. The van der Waals surface area contributed by atoms with Gasteiger partial charge < -0.3 is 14.7 Å². The van der Waals surface area contributed by atoms with Gasteiger partial charge in [0.1, 0.15) is 0 Å². The maximum absolute atomic E-state index is 12.8. The van der Waals surface area contributed by atoms with Crippen molar-refractivity contribution in [3.8, 4) is 0 Å². The van der Waals surface area contributed by atoms with Crippen molar-refractivity contribution in [3.05, 3.63) is 47.5 Å². The van der Waals surface area contributed by atoms with Crippen LogP contribution in [-0.2, 0) is 0 Å². The van der Waals surface area contributed by atoms with E-state index in [1.54, 1.807) is 0 Å². The van der Waals surface area contributed by atoms with Gasteiger partial charge in [0.15, 0.2) is 11.6 Å². The number of anilines is 2. The lowest BCUT2D eigenvalue weighted by molar-refractivity contribution is 0.0745. The second-order valence-electron chi connectivity index (χ2n) is 7.88. The van der Waals surface area contributed by atoms with Crippen LogP contribution in [0.25, 0.3) is 0 Å². The number of aromatic nitrogens is 2. The highest BCUT2D eigenvalue weighted by atomic mass is 16.2. The van der Waals surface area contributed by atoms with Gasteiger partial charge in [0.05, 0.1) is 0 Å². The summed E-state index contributed by atoms with van der Waals surface area (Å²) in [4.78, 5) is 19.3. The first-order valence-corrected chi connectivity index (χ1v) is 10.3. The number of piperidine rings is 1. The molecule has 0 aliphatic carbocycles. The second kappa shape index (κ2) is 8.17. The summed E-state index contributed by atoms with van der Waals surface area (Å²) in [5.41, 5.74) is 1.83. The normalized spacial score (nSPS) is 20.4. The Balaban J connectivity index is 1.37. The monoisotopic (exact) mass is 379 g/mol. The van der Waals surface area contributed by atoms with Gasteiger partial charge in [-0.2, -0.15) is 0 Å². The molecule has 1 aromatic heterocycles. The first-order chi connectivity index (χ1) is 13.6. The number of carbonyl (C=O) groups excluding carboxylic acids is 1. The SMILES string of the molecule is Cc1ccccc1C(=O)N1CCN(c2ccc(N3CCCCC3C)nn2)CC1. The summed E-state index contributed by atoms with van der Waals surface area (Å²) >= 11 is 0. The van der Waals surface area contributed by atoms with E-state index in [0.717, 1.165) is 42.4 Å². The molecule has 6 heteroatoms. The molecule has 1 aromatic carbocycles. The van der Waals surface area contributed by atoms with E-state index in [1.807, 2.05) is 36.1 Å². The number of piperazine rings is 1. The summed E-state index contributed by atoms with van der Waals surface area (Å²) in [6.07, 6.45) is 3.75. The van der Waals surface area contributed by atoms with Crippen molar-refractivity contribution in [1.82, 2.24) is 15.1 Å². The Bertz CT molecular complexity index is 814. The van der Waals surface area contributed by atoms with E-state index in [-0.39, 0.29) is 5.91 Å². The number of aryl methyl sites for hydroxylation is 1. The predicted molar refractivity (Wildman–Crippen MR) is 112 cm³/mol. The molecule has 0 spiro atoms. The van der Waals surface area contributed by atoms with E-state index >= 15 is 0 Å². The van der Waals surface area contributed by atoms with Gasteiger partial charge in [0, 0.05) is 44.3 Å². The molecule has 1 atom stereocenters. The van der Waals surface area contributed by atoms with Crippen LogP contribution >= 0.6 is 0 Å². The zero-order valence-electron chi connectivity index (χ0n) is 16.8. The van der Waals surface area contributed by atoms with E-state index in [0.29, 0.717) is 19.1 Å². The van der Waals surface area contributed by atoms with Gasteiger partial charge >= 0.3 is 0 Å². The highest BCUT2D eigenvalue weighted by molar-refractivity contribution is 5.95. The molecule has 2 aromatic rings. The summed E-state index contributed by atoms with van der Waals surface area (Å²) in [5, 5.41) is 8.98. The Morgan fingerprint density at radius 3 is 2.32 bits per heavy atom. The Morgan fingerprint density at radius 2 is 1.64 bits per heavy atom. The number of benzene rings is 1. The summed E-state index contributed by atoms with van der Waals surface area (Å²) in [5.74, 6) is 2.00. The van der Waals surface area contributed by atoms with Gasteiger partial charge in [-0.3, -0.25) is 4.79 Å². The molecule has 2 saturated heterocycles. The molecule has 1 unspecified atom stereocenters. The summed E-state index contributed by atoms with van der Waals surface area (Å²) in [6, 6.07) is 12.5. The molecule has 28 heavy (non-hydrogen) atoms. The quantitative estimate of drug-likeness (QED) is 0.820. The minimum atomic E-state index is 0.123. The number of hydrogen-bond acceptors (Lipinski definition) is 5. The van der Waals surface area contributed by atoms with Crippen molar-refractivity contribution in [2.75, 3.05) is 42.5 Å². The molecule has 0 saturated carbocycles. The van der Waals surface area contributed by atoms with Crippen LogP contribution in [-0.4, -0.2) is 59.8 Å². The maximum atomic E-state index is 12.8. The maximum Gasteiger partial charge on any atom is 0.254 e. The van der Waals surface area contributed by atoms with Crippen LogP contribution in [0.1, 0.15) is 42.1 Å². The van der Waals surface area contributed by atoms with Crippen LogP contribution in [0.3, 0.4) is 0 Å². The zero-order valence-corrected chi connectivity index (χ0v) is 16.8. The molecule has 3 heterocycles. The van der Waals surface area contributed by atoms with Crippen LogP contribution in [0.15, 0.2) is 36.4 Å². The van der Waals surface area contributed by atoms with Crippen LogP contribution in [0, 0.1) is 6.92 Å². The molecule has 1 amide bonds. The number of rotatable bonds is 3. The Labute approximate surface area is 167 Å². The Kier molecular flexibility index (Phi) is 5.46. The molecule has 4 rings (SSSR count). The fourth-order valence-corrected chi connectivity index (χ4v) is 4.20. The number of nitrogens with zero attached hydrogens (tertiary/aromatic N) is 5. The molecule has 0 N–H and O–H groups in total. The van der Waals surface area contributed by atoms with Crippen molar-refractivity contribution in [2.24, 2.45) is 0 Å². The smallest absolute Gasteiger partial charge is 0.254 e. The van der Waals surface area contributed by atoms with Crippen molar-refractivity contribution in [1.29, 1.82) is 0 Å². The van der Waals surface area contributed by atoms with E-state index in [4.69, 9.17) is 0 Å². The van der Waals surface area contributed by atoms with Gasteiger partial charge in [-0.25, -0.2) is 0 Å². The molecule has 2 aliphatic heterocycles. The van der Waals surface area contributed by atoms with Crippen LogP contribution in [0.5, 0.6) is 0 Å². The molecule has 148 valence electrons. The third kappa shape index (κ3) is 3.81. The summed E-state index contributed by atoms with van der Waals surface area (Å²) in [7, 11) is 0. The Morgan fingerprint density at radius 1 is 0.929 bits per heavy atom. The predicted octanol–water partition coefficient (Wildman–Crippen LogP) is 3.13. The molecule has 2 fully saturated rings. The fraction of sp³-hybridized carbons (Fsp3) is 0.500. The van der Waals surface area contributed by atoms with Gasteiger partial charge in [-0.1, -0.05) is 18.2 Å². The Hall–Kier alpha value is -2.63. The van der Waals surface area contributed by atoms with E-state index in [9.17, 15) is 4.79 Å². The number of hydrogen-bond donors (Lipinski definition) is 0. The third-order valence-electron chi connectivity index (χ3n) is 6.00. The lowest BCUT2D eigenvalue weighted by Crippen LogP contribution is -2.49. The standard InChI is InChI=1S/C22H29N5O/c1-17-7-3-4-9-19(17)22(28)26-15-13-25(14-16-26)20-10-11-21(24-23-20)27-12-6-5-8-18(27)2/h3-4,7,9-11,18H,5-6,8,12-16H2,1-2H3. The number of amides is 1. The second-order valence-corrected chi connectivity index (χ2v) is 7.88.